The van der Waals surface area contributed by atoms with Crippen molar-refractivity contribution in [1.82, 2.24) is 9.97 Å². The van der Waals surface area contributed by atoms with Gasteiger partial charge in [0.1, 0.15) is 23.5 Å². The maximum Gasteiger partial charge on any atom is 0.321 e. The Labute approximate surface area is 179 Å². The molecule has 3 aromatic rings. The van der Waals surface area contributed by atoms with Gasteiger partial charge in [-0.05, 0) is 50.8 Å². The number of rotatable bonds is 2. The van der Waals surface area contributed by atoms with Gasteiger partial charge in [-0.1, -0.05) is 0 Å². The molecule has 0 N–H and O–H groups in total. The topological polar surface area (TPSA) is 88.7 Å². The molecule has 162 valence electrons. The van der Waals surface area contributed by atoms with Crippen molar-refractivity contribution in [3.63, 3.8) is 0 Å². The van der Waals surface area contributed by atoms with Gasteiger partial charge in [0.25, 0.3) is 0 Å². The lowest BCUT2D eigenvalue weighted by Crippen LogP contribution is -2.29. The van der Waals surface area contributed by atoms with E-state index in [1.807, 2.05) is 0 Å². The average molecular weight is 443 g/mol. The zero-order chi connectivity index (χ0) is 21.6. The van der Waals surface area contributed by atoms with E-state index in [1.165, 1.54) is 23.8 Å². The van der Waals surface area contributed by atoms with Gasteiger partial charge in [0.2, 0.25) is 0 Å². The van der Waals surface area contributed by atoms with E-state index in [0.717, 1.165) is 30.8 Å². The molecule has 31 heavy (non-hydrogen) atoms. The fourth-order valence-corrected chi connectivity index (χ4v) is 6.31. The highest BCUT2D eigenvalue weighted by atomic mass is 32.2. The van der Waals surface area contributed by atoms with Crippen LogP contribution in [0, 0.1) is 12.7 Å². The van der Waals surface area contributed by atoms with Gasteiger partial charge in [0, 0.05) is 46.8 Å². The quantitative estimate of drug-likeness (QED) is 0.602. The Kier molecular flexibility index (Phi) is 5.00. The second-order valence-corrected chi connectivity index (χ2v) is 10.6. The monoisotopic (exact) mass is 442 g/mol. The van der Waals surface area contributed by atoms with Gasteiger partial charge >= 0.3 is 5.91 Å². The first-order chi connectivity index (χ1) is 14.9. The minimum absolute atomic E-state index is 0.0260. The van der Waals surface area contributed by atoms with E-state index in [-0.39, 0.29) is 11.5 Å². The molecule has 1 saturated heterocycles. The molecule has 1 fully saturated rings. The Hall–Kier alpha value is -2.81. The molecule has 1 aromatic carbocycles. The first-order valence-corrected chi connectivity index (χ1v) is 12.3. The van der Waals surface area contributed by atoms with Crippen molar-refractivity contribution in [1.29, 1.82) is 0 Å². The molecule has 0 saturated carbocycles. The van der Waals surface area contributed by atoms with Crippen molar-refractivity contribution < 1.29 is 17.8 Å². The summed E-state index contributed by atoms with van der Waals surface area (Å²) in [6.45, 7) is 2.92. The van der Waals surface area contributed by atoms with Crippen LogP contribution in [0.25, 0.3) is 11.0 Å². The number of amides is 1. The van der Waals surface area contributed by atoms with Crippen molar-refractivity contribution in [2.75, 3.05) is 29.5 Å². The molecular weight excluding hydrogens is 419 g/mol. The molecule has 0 radical (unpaired) electrons. The number of aromatic nitrogens is 2. The summed E-state index contributed by atoms with van der Waals surface area (Å²) in [6, 6.07) is 4.09. The largest absolute Gasteiger partial charge is 0.451 e. The number of benzene rings is 1. The maximum absolute atomic E-state index is 13.6. The Morgan fingerprint density at radius 2 is 2.06 bits per heavy atom. The minimum Gasteiger partial charge on any atom is -0.451 e. The molecule has 1 aliphatic carbocycles. The predicted molar refractivity (Wildman–Crippen MR) is 116 cm³/mol. The first kappa shape index (κ1) is 20.1. The first-order valence-electron chi connectivity index (χ1n) is 10.5. The van der Waals surface area contributed by atoms with Gasteiger partial charge in [0.05, 0.1) is 9.73 Å². The number of furan rings is 1. The van der Waals surface area contributed by atoms with Crippen molar-refractivity contribution in [2.45, 2.75) is 32.6 Å². The molecule has 0 spiro atoms. The number of nitrogens with zero attached hydrogens (tertiary/aromatic N) is 4. The van der Waals surface area contributed by atoms with Crippen LogP contribution in [0.1, 0.15) is 40.2 Å². The molecule has 3 heterocycles. The van der Waals surface area contributed by atoms with Crippen LogP contribution in [-0.2, 0) is 22.6 Å². The summed E-state index contributed by atoms with van der Waals surface area (Å²) < 4.78 is 36.7. The molecule has 7 nitrogen and oxygen atoms in total. The van der Waals surface area contributed by atoms with Crippen LogP contribution >= 0.6 is 0 Å². The van der Waals surface area contributed by atoms with Crippen molar-refractivity contribution in [3.05, 3.63) is 52.9 Å². The number of anilines is 1. The summed E-state index contributed by atoms with van der Waals surface area (Å²) in [5.41, 5.74) is 3.22. The molecular formula is C22H23FN4O3S. The Bertz CT molecular complexity index is 1310. The lowest BCUT2D eigenvalue weighted by molar-refractivity contribution is 0.0980. The zero-order valence-corrected chi connectivity index (χ0v) is 18.1. The molecule has 1 unspecified atom stereocenters. The predicted octanol–water partition coefficient (Wildman–Crippen LogP) is 3.68. The highest BCUT2D eigenvalue weighted by molar-refractivity contribution is 7.93. The fourth-order valence-electron chi connectivity index (χ4n) is 4.46. The van der Waals surface area contributed by atoms with Gasteiger partial charge in [-0.2, -0.15) is 4.36 Å². The van der Waals surface area contributed by atoms with Crippen LogP contribution in [-0.4, -0.2) is 44.7 Å². The number of hydrogen-bond donors (Lipinski definition) is 0. The Balaban J connectivity index is 1.41. The summed E-state index contributed by atoms with van der Waals surface area (Å²) in [5, 5.41) is 0.526. The highest BCUT2D eigenvalue weighted by Gasteiger charge is 2.26. The third-order valence-corrected chi connectivity index (χ3v) is 8.31. The molecule has 1 amide bonds. The van der Waals surface area contributed by atoms with Gasteiger partial charge in [-0.25, -0.2) is 18.6 Å². The molecule has 1 aliphatic heterocycles. The number of hydrogen-bond acceptors (Lipinski definition) is 6. The number of aryl methyl sites for hydroxylation is 2. The average Bonchev–Trinajstić information content (AvgIpc) is 3.30. The molecule has 2 aliphatic rings. The SMILES string of the molecule is Cc1c(C(=O)N=S2(=O)CCCN(c3ncnc4c3CCC4)CC2)oc2ccc(F)cc12. The van der Waals surface area contributed by atoms with Crippen LogP contribution in [0.2, 0.25) is 0 Å². The summed E-state index contributed by atoms with van der Waals surface area (Å²) in [4.78, 5) is 23.9. The number of halogens is 1. The standard InChI is InChI=1S/C22H23FN4O3S/c1-14-17-12-15(23)6-7-19(17)30-20(14)22(28)26-31(29)10-3-8-27(9-11-31)21-16-4-2-5-18(16)24-13-25-21/h6-7,12-13H,2-5,8-11H2,1H3. The summed E-state index contributed by atoms with van der Waals surface area (Å²) in [7, 11) is -2.74. The third kappa shape index (κ3) is 3.71. The van der Waals surface area contributed by atoms with Crippen molar-refractivity contribution >= 4 is 32.4 Å². The highest BCUT2D eigenvalue weighted by Crippen LogP contribution is 2.29. The second-order valence-electron chi connectivity index (χ2n) is 8.09. The van der Waals surface area contributed by atoms with Crippen LogP contribution in [0.5, 0.6) is 0 Å². The lowest BCUT2D eigenvalue weighted by Gasteiger charge is -2.23. The van der Waals surface area contributed by atoms with Crippen molar-refractivity contribution in [3.8, 4) is 0 Å². The van der Waals surface area contributed by atoms with Crippen LogP contribution in [0.4, 0.5) is 10.2 Å². The lowest BCUT2D eigenvalue weighted by atomic mass is 10.1. The minimum atomic E-state index is -2.74. The van der Waals surface area contributed by atoms with Gasteiger partial charge in [-0.3, -0.25) is 4.79 Å². The van der Waals surface area contributed by atoms with E-state index in [1.54, 1.807) is 13.3 Å². The molecule has 9 heteroatoms. The van der Waals surface area contributed by atoms with E-state index < -0.39 is 21.5 Å². The molecule has 1 atom stereocenters. The Morgan fingerprint density at radius 3 is 2.94 bits per heavy atom. The van der Waals surface area contributed by atoms with E-state index in [0.29, 0.717) is 41.8 Å². The normalized spacial score (nSPS) is 21.2. The van der Waals surface area contributed by atoms with Crippen LogP contribution < -0.4 is 4.90 Å². The smallest absolute Gasteiger partial charge is 0.321 e. The number of fused-ring (bicyclic) bond motifs is 2. The molecule has 5 rings (SSSR count). The van der Waals surface area contributed by atoms with Gasteiger partial charge < -0.3 is 9.32 Å². The summed E-state index contributed by atoms with van der Waals surface area (Å²) >= 11 is 0. The third-order valence-electron chi connectivity index (χ3n) is 6.06. The van der Waals surface area contributed by atoms with Gasteiger partial charge in [0.15, 0.2) is 5.76 Å². The van der Waals surface area contributed by atoms with E-state index in [9.17, 15) is 13.4 Å². The molecule has 0 bridgehead atoms. The number of carbonyl (C=O) groups excluding carboxylic acids is 1. The second kappa shape index (κ2) is 7.71. The van der Waals surface area contributed by atoms with Crippen LogP contribution in [0.3, 0.4) is 0 Å². The summed E-state index contributed by atoms with van der Waals surface area (Å²) in [5.74, 6) is 0.529. The van der Waals surface area contributed by atoms with E-state index in [4.69, 9.17) is 4.42 Å². The zero-order valence-electron chi connectivity index (χ0n) is 17.3. The fraction of sp³-hybridized carbons (Fsp3) is 0.409. The Morgan fingerprint density at radius 1 is 1.19 bits per heavy atom. The van der Waals surface area contributed by atoms with E-state index >= 15 is 0 Å². The van der Waals surface area contributed by atoms with Crippen molar-refractivity contribution in [2.24, 2.45) is 4.36 Å². The van der Waals surface area contributed by atoms with Crippen LogP contribution in [0.15, 0.2) is 33.3 Å². The number of carbonyl (C=O) groups is 1. The van der Waals surface area contributed by atoms with E-state index in [2.05, 4.69) is 19.2 Å². The maximum atomic E-state index is 13.6. The molecule has 2 aromatic heterocycles. The van der Waals surface area contributed by atoms with Gasteiger partial charge in [-0.15, -0.1) is 0 Å². The summed E-state index contributed by atoms with van der Waals surface area (Å²) in [6.07, 6.45) is 5.27.